The third-order valence-corrected chi connectivity index (χ3v) is 4.94. The number of benzene rings is 2. The standard InChI is InChI=1S/C21H27N3O2/c1-3-26-20(25)17-11-13-24(14-12-17)21(22-2)23-15-18-9-6-8-16-7-4-5-10-19(16)18/h4-10,17H,3,11-15H2,1-2H3,(H,22,23). The Kier molecular flexibility index (Phi) is 6.10. The minimum Gasteiger partial charge on any atom is -0.466 e. The van der Waals surface area contributed by atoms with Gasteiger partial charge in [0.2, 0.25) is 0 Å². The van der Waals surface area contributed by atoms with Crippen molar-refractivity contribution in [2.24, 2.45) is 10.9 Å². The van der Waals surface area contributed by atoms with Crippen molar-refractivity contribution in [2.75, 3.05) is 26.7 Å². The maximum absolute atomic E-state index is 11.9. The molecule has 2 aromatic rings. The molecule has 1 aliphatic heterocycles. The normalized spacial score (nSPS) is 15.9. The van der Waals surface area contributed by atoms with E-state index in [2.05, 4.69) is 57.7 Å². The number of nitrogens with one attached hydrogen (secondary N) is 1. The second kappa shape index (κ2) is 8.70. The molecule has 1 aliphatic rings. The smallest absolute Gasteiger partial charge is 0.309 e. The fourth-order valence-corrected chi connectivity index (χ4v) is 3.54. The van der Waals surface area contributed by atoms with Crippen molar-refractivity contribution >= 4 is 22.7 Å². The number of aliphatic imine (C=N–C) groups is 1. The first-order chi connectivity index (χ1) is 12.7. The SMILES string of the molecule is CCOC(=O)C1CCN(C(=NC)NCc2cccc3ccccc23)CC1. The van der Waals surface area contributed by atoms with E-state index in [1.165, 1.54) is 16.3 Å². The molecule has 0 bridgehead atoms. The highest BCUT2D eigenvalue weighted by Gasteiger charge is 2.27. The molecular weight excluding hydrogens is 326 g/mol. The van der Waals surface area contributed by atoms with E-state index in [4.69, 9.17) is 4.74 Å². The molecule has 5 nitrogen and oxygen atoms in total. The first kappa shape index (κ1) is 18.2. The van der Waals surface area contributed by atoms with Crippen LogP contribution in [0.4, 0.5) is 0 Å². The van der Waals surface area contributed by atoms with Gasteiger partial charge in [0.05, 0.1) is 12.5 Å². The Morgan fingerprint density at radius 1 is 1.19 bits per heavy atom. The van der Waals surface area contributed by atoms with Gasteiger partial charge in [-0.1, -0.05) is 42.5 Å². The minimum atomic E-state index is -0.0640. The van der Waals surface area contributed by atoms with E-state index in [0.29, 0.717) is 6.61 Å². The van der Waals surface area contributed by atoms with Gasteiger partial charge in [-0.05, 0) is 36.1 Å². The van der Waals surface area contributed by atoms with Crippen molar-refractivity contribution in [2.45, 2.75) is 26.3 Å². The molecular formula is C21H27N3O2. The zero-order valence-corrected chi connectivity index (χ0v) is 15.6. The van der Waals surface area contributed by atoms with Gasteiger partial charge in [0.1, 0.15) is 0 Å². The number of fused-ring (bicyclic) bond motifs is 1. The number of carbonyl (C=O) groups is 1. The number of likely N-dealkylation sites (tertiary alicyclic amines) is 1. The second-order valence-corrected chi connectivity index (χ2v) is 6.55. The first-order valence-corrected chi connectivity index (χ1v) is 9.31. The van der Waals surface area contributed by atoms with Crippen LogP contribution in [-0.4, -0.2) is 43.6 Å². The quantitative estimate of drug-likeness (QED) is 0.521. The number of hydrogen-bond acceptors (Lipinski definition) is 3. The summed E-state index contributed by atoms with van der Waals surface area (Å²) in [6, 6.07) is 14.8. The predicted octanol–water partition coefficient (Wildman–Crippen LogP) is 3.19. The van der Waals surface area contributed by atoms with Gasteiger partial charge in [-0.15, -0.1) is 0 Å². The summed E-state index contributed by atoms with van der Waals surface area (Å²) in [4.78, 5) is 18.5. The van der Waals surface area contributed by atoms with Crippen LogP contribution < -0.4 is 5.32 Å². The number of hydrogen-bond donors (Lipinski definition) is 1. The lowest BCUT2D eigenvalue weighted by Crippen LogP contribution is -2.46. The molecule has 1 fully saturated rings. The zero-order valence-electron chi connectivity index (χ0n) is 15.6. The Labute approximate surface area is 155 Å². The lowest BCUT2D eigenvalue weighted by atomic mass is 9.97. The maximum atomic E-state index is 11.9. The summed E-state index contributed by atoms with van der Waals surface area (Å²) in [5.74, 6) is 0.841. The van der Waals surface area contributed by atoms with E-state index in [9.17, 15) is 4.79 Å². The predicted molar refractivity (Wildman–Crippen MR) is 105 cm³/mol. The van der Waals surface area contributed by atoms with Gasteiger partial charge in [0.15, 0.2) is 5.96 Å². The monoisotopic (exact) mass is 353 g/mol. The van der Waals surface area contributed by atoms with E-state index >= 15 is 0 Å². The molecule has 0 unspecified atom stereocenters. The number of piperidine rings is 1. The molecule has 26 heavy (non-hydrogen) atoms. The Balaban J connectivity index is 1.60. The third-order valence-electron chi connectivity index (χ3n) is 4.94. The van der Waals surface area contributed by atoms with E-state index in [0.717, 1.165) is 38.4 Å². The van der Waals surface area contributed by atoms with Gasteiger partial charge in [0.25, 0.3) is 0 Å². The van der Waals surface area contributed by atoms with E-state index in [1.54, 1.807) is 0 Å². The molecule has 0 saturated carbocycles. The van der Waals surface area contributed by atoms with Crippen molar-refractivity contribution in [1.29, 1.82) is 0 Å². The molecule has 3 rings (SSSR count). The van der Waals surface area contributed by atoms with E-state index in [1.807, 2.05) is 14.0 Å². The van der Waals surface area contributed by atoms with Crippen LogP contribution in [0.2, 0.25) is 0 Å². The highest BCUT2D eigenvalue weighted by molar-refractivity contribution is 5.86. The number of esters is 1. The van der Waals surface area contributed by atoms with Crippen LogP contribution in [0.25, 0.3) is 10.8 Å². The number of nitrogens with zero attached hydrogens (tertiary/aromatic N) is 2. The zero-order chi connectivity index (χ0) is 18.4. The summed E-state index contributed by atoms with van der Waals surface area (Å²) in [7, 11) is 1.81. The van der Waals surface area contributed by atoms with Crippen LogP contribution in [0.5, 0.6) is 0 Å². The molecule has 138 valence electrons. The topological polar surface area (TPSA) is 53.9 Å². The summed E-state index contributed by atoms with van der Waals surface area (Å²) in [6.45, 7) is 4.67. The van der Waals surface area contributed by atoms with Crippen LogP contribution >= 0.6 is 0 Å². The van der Waals surface area contributed by atoms with Gasteiger partial charge in [-0.3, -0.25) is 9.79 Å². The summed E-state index contributed by atoms with van der Waals surface area (Å²) in [5, 5.41) is 5.99. The molecule has 2 aromatic carbocycles. The fourth-order valence-electron chi connectivity index (χ4n) is 3.54. The van der Waals surface area contributed by atoms with Gasteiger partial charge in [-0.2, -0.15) is 0 Å². The molecule has 1 heterocycles. The van der Waals surface area contributed by atoms with Crippen LogP contribution in [0, 0.1) is 5.92 Å². The number of carbonyl (C=O) groups excluding carboxylic acids is 1. The molecule has 0 spiro atoms. The summed E-state index contributed by atoms with van der Waals surface area (Å²) >= 11 is 0. The van der Waals surface area contributed by atoms with Gasteiger partial charge in [-0.25, -0.2) is 0 Å². The average molecular weight is 353 g/mol. The fraction of sp³-hybridized carbons (Fsp3) is 0.429. The number of guanidine groups is 1. The Morgan fingerprint density at radius 3 is 2.65 bits per heavy atom. The van der Waals surface area contributed by atoms with Crippen molar-refractivity contribution in [1.82, 2.24) is 10.2 Å². The van der Waals surface area contributed by atoms with Crippen molar-refractivity contribution in [3.8, 4) is 0 Å². The molecule has 1 saturated heterocycles. The molecule has 0 aromatic heterocycles. The van der Waals surface area contributed by atoms with Crippen LogP contribution in [0.1, 0.15) is 25.3 Å². The third kappa shape index (κ3) is 4.15. The van der Waals surface area contributed by atoms with Crippen LogP contribution in [-0.2, 0) is 16.1 Å². The summed E-state index contributed by atoms with van der Waals surface area (Å²) in [6.07, 6.45) is 1.63. The minimum absolute atomic E-state index is 0.0161. The molecule has 0 radical (unpaired) electrons. The van der Waals surface area contributed by atoms with Gasteiger partial charge in [0, 0.05) is 26.7 Å². The molecule has 0 amide bonds. The molecule has 0 aliphatic carbocycles. The lowest BCUT2D eigenvalue weighted by Gasteiger charge is -2.33. The molecule has 5 heteroatoms. The number of ether oxygens (including phenoxy) is 1. The Hall–Kier alpha value is -2.56. The molecule has 1 N–H and O–H groups in total. The molecule has 0 atom stereocenters. The first-order valence-electron chi connectivity index (χ1n) is 9.31. The van der Waals surface area contributed by atoms with Crippen molar-refractivity contribution in [3.63, 3.8) is 0 Å². The van der Waals surface area contributed by atoms with Crippen molar-refractivity contribution in [3.05, 3.63) is 48.0 Å². The van der Waals surface area contributed by atoms with Crippen LogP contribution in [0.15, 0.2) is 47.5 Å². The number of rotatable bonds is 4. The van der Waals surface area contributed by atoms with Crippen molar-refractivity contribution < 1.29 is 9.53 Å². The lowest BCUT2D eigenvalue weighted by molar-refractivity contribution is -0.149. The largest absolute Gasteiger partial charge is 0.466 e. The maximum Gasteiger partial charge on any atom is 0.309 e. The van der Waals surface area contributed by atoms with Gasteiger partial charge < -0.3 is 15.0 Å². The van der Waals surface area contributed by atoms with Crippen LogP contribution in [0.3, 0.4) is 0 Å². The van der Waals surface area contributed by atoms with E-state index < -0.39 is 0 Å². The Bertz CT molecular complexity index is 774. The highest BCUT2D eigenvalue weighted by Crippen LogP contribution is 2.20. The summed E-state index contributed by atoms with van der Waals surface area (Å²) < 4.78 is 5.15. The highest BCUT2D eigenvalue weighted by atomic mass is 16.5. The Morgan fingerprint density at radius 2 is 1.92 bits per heavy atom. The average Bonchev–Trinajstić information content (AvgIpc) is 2.69. The summed E-state index contributed by atoms with van der Waals surface area (Å²) in [5.41, 5.74) is 1.26. The van der Waals surface area contributed by atoms with E-state index in [-0.39, 0.29) is 11.9 Å². The second-order valence-electron chi connectivity index (χ2n) is 6.55. The van der Waals surface area contributed by atoms with Gasteiger partial charge >= 0.3 is 5.97 Å².